The smallest absolute Gasteiger partial charge is 0.332 e. The molecule has 1 unspecified atom stereocenters. The number of anilines is 1. The quantitative estimate of drug-likeness (QED) is 0.782. The first-order chi connectivity index (χ1) is 12.9. The van der Waals surface area contributed by atoms with Crippen molar-refractivity contribution in [2.75, 3.05) is 11.4 Å². The molecule has 1 N–H and O–H groups in total. The lowest BCUT2D eigenvalue weighted by molar-refractivity contribution is -0.123. The van der Waals surface area contributed by atoms with Gasteiger partial charge in [0.15, 0.2) is 0 Å². The van der Waals surface area contributed by atoms with Gasteiger partial charge < -0.3 is 10.0 Å². The van der Waals surface area contributed by atoms with Crippen molar-refractivity contribution in [3.8, 4) is 0 Å². The van der Waals surface area contributed by atoms with Gasteiger partial charge in [0.1, 0.15) is 5.54 Å². The summed E-state index contributed by atoms with van der Waals surface area (Å²) in [7, 11) is 0. The van der Waals surface area contributed by atoms with Crippen LogP contribution >= 0.6 is 23.2 Å². The van der Waals surface area contributed by atoms with Crippen LogP contribution in [0.15, 0.2) is 42.5 Å². The maximum atomic E-state index is 13.4. The molecule has 0 aromatic heterocycles. The van der Waals surface area contributed by atoms with Gasteiger partial charge in [-0.15, -0.1) is 0 Å². The van der Waals surface area contributed by atoms with E-state index >= 15 is 0 Å². The summed E-state index contributed by atoms with van der Waals surface area (Å²) in [4.78, 5) is 29.3. The van der Waals surface area contributed by atoms with Crippen molar-refractivity contribution in [1.29, 1.82) is 0 Å². The van der Waals surface area contributed by atoms with Crippen molar-refractivity contribution in [3.63, 3.8) is 0 Å². The van der Waals surface area contributed by atoms with E-state index in [2.05, 4.69) is 0 Å². The molecular formula is C20H18Cl2N2O3. The fourth-order valence-corrected chi connectivity index (χ4v) is 4.64. The maximum absolute atomic E-state index is 13.4. The van der Waals surface area contributed by atoms with Crippen LogP contribution in [0.25, 0.3) is 0 Å². The Kier molecular flexibility index (Phi) is 4.62. The number of urea groups is 1. The van der Waals surface area contributed by atoms with Crippen LogP contribution in [0.3, 0.4) is 0 Å². The Bertz CT molecular complexity index is 913. The van der Waals surface area contributed by atoms with E-state index < -0.39 is 5.54 Å². The molecule has 2 aliphatic rings. The second kappa shape index (κ2) is 6.82. The molecule has 2 aromatic rings. The number of fused-ring (bicyclic) bond motifs is 1. The van der Waals surface area contributed by atoms with Crippen LogP contribution in [-0.4, -0.2) is 34.0 Å². The third kappa shape index (κ3) is 3.00. The number of aliphatic hydroxyl groups excluding tert-OH is 1. The number of carbonyl (C=O) groups excluding carboxylic acids is 2. The highest BCUT2D eigenvalue weighted by molar-refractivity contribution is 6.35. The topological polar surface area (TPSA) is 60.9 Å². The third-order valence-corrected chi connectivity index (χ3v) is 5.72. The van der Waals surface area contributed by atoms with Crippen LogP contribution in [0.1, 0.15) is 24.0 Å². The lowest BCUT2D eigenvalue weighted by Gasteiger charge is -2.28. The molecule has 2 aromatic carbocycles. The number of aliphatic hydroxyl groups is 1. The number of rotatable bonds is 4. The Balaban J connectivity index is 1.73. The van der Waals surface area contributed by atoms with E-state index in [1.807, 2.05) is 24.3 Å². The Hall–Kier alpha value is -2.08. The van der Waals surface area contributed by atoms with E-state index in [1.165, 1.54) is 4.90 Å². The molecule has 7 heteroatoms. The van der Waals surface area contributed by atoms with Crippen LogP contribution in [0.5, 0.6) is 0 Å². The molecule has 4 rings (SSSR count). The third-order valence-electron chi connectivity index (χ3n) is 5.29. The number of carbonyl (C=O) groups is 2. The van der Waals surface area contributed by atoms with Gasteiger partial charge in [0, 0.05) is 23.0 Å². The lowest BCUT2D eigenvalue weighted by Crippen LogP contribution is -2.47. The second-order valence-electron chi connectivity index (χ2n) is 6.99. The summed E-state index contributed by atoms with van der Waals surface area (Å²) in [6, 6.07) is 11.9. The Morgan fingerprint density at radius 1 is 1.04 bits per heavy atom. The van der Waals surface area contributed by atoms with E-state index in [9.17, 15) is 14.7 Å². The summed E-state index contributed by atoms with van der Waals surface area (Å²) < 4.78 is 0. The molecule has 27 heavy (non-hydrogen) atoms. The molecule has 0 spiro atoms. The fraction of sp³-hybridized carbons (Fsp3) is 0.300. The lowest BCUT2D eigenvalue weighted by atomic mass is 9.87. The van der Waals surface area contributed by atoms with Crippen LogP contribution in [-0.2, 0) is 17.8 Å². The van der Waals surface area contributed by atoms with E-state index in [0.29, 0.717) is 35.1 Å². The predicted molar refractivity (Wildman–Crippen MR) is 104 cm³/mol. The first-order valence-corrected chi connectivity index (χ1v) is 9.51. The molecule has 1 atom stereocenters. The Labute approximate surface area is 167 Å². The van der Waals surface area contributed by atoms with E-state index in [1.54, 1.807) is 23.1 Å². The number of imide groups is 1. The van der Waals surface area contributed by atoms with Gasteiger partial charge in [0.05, 0.1) is 12.3 Å². The van der Waals surface area contributed by atoms with Crippen molar-refractivity contribution in [1.82, 2.24) is 4.90 Å². The van der Waals surface area contributed by atoms with Gasteiger partial charge in [-0.1, -0.05) is 47.5 Å². The van der Waals surface area contributed by atoms with Crippen molar-refractivity contribution in [2.45, 2.75) is 31.4 Å². The molecule has 0 radical (unpaired) electrons. The molecule has 2 fully saturated rings. The van der Waals surface area contributed by atoms with Crippen LogP contribution in [0, 0.1) is 0 Å². The van der Waals surface area contributed by atoms with Crippen LogP contribution < -0.4 is 4.90 Å². The van der Waals surface area contributed by atoms with E-state index in [0.717, 1.165) is 17.5 Å². The van der Waals surface area contributed by atoms with E-state index in [4.69, 9.17) is 23.2 Å². The predicted octanol–water partition coefficient (Wildman–Crippen LogP) is 4.03. The zero-order valence-corrected chi connectivity index (χ0v) is 16.0. The zero-order valence-electron chi connectivity index (χ0n) is 14.5. The second-order valence-corrected chi connectivity index (χ2v) is 7.87. The molecule has 0 saturated carbocycles. The first-order valence-electron chi connectivity index (χ1n) is 8.75. The van der Waals surface area contributed by atoms with Crippen molar-refractivity contribution >= 4 is 40.8 Å². The van der Waals surface area contributed by atoms with Gasteiger partial charge in [0.25, 0.3) is 5.91 Å². The first kappa shape index (κ1) is 18.3. The van der Waals surface area contributed by atoms with Crippen molar-refractivity contribution in [3.05, 3.63) is 63.6 Å². The largest absolute Gasteiger partial charge is 0.392 e. The molecule has 5 nitrogen and oxygen atoms in total. The number of benzene rings is 2. The number of hydrogen-bond donors (Lipinski definition) is 1. The molecule has 2 saturated heterocycles. The van der Waals surface area contributed by atoms with Gasteiger partial charge >= 0.3 is 6.03 Å². The minimum Gasteiger partial charge on any atom is -0.392 e. The summed E-state index contributed by atoms with van der Waals surface area (Å²) >= 11 is 12.1. The molecule has 2 aliphatic heterocycles. The highest BCUT2D eigenvalue weighted by Gasteiger charge is 2.59. The van der Waals surface area contributed by atoms with Gasteiger partial charge in [-0.3, -0.25) is 4.79 Å². The number of hydrogen-bond acceptors (Lipinski definition) is 3. The van der Waals surface area contributed by atoms with Gasteiger partial charge in [0.2, 0.25) is 0 Å². The van der Waals surface area contributed by atoms with Gasteiger partial charge in [-0.05, 0) is 42.2 Å². The standard InChI is InChI=1S/C20H18Cl2N2O3/c21-15-8-16(22)10-17(9-15)24-18(26)20(5-2-6-23(20)19(24)27)11-13-3-1-4-14(7-13)12-25/h1,3-4,7-10,25H,2,5-6,11-12H2. The average Bonchev–Trinajstić information content (AvgIpc) is 3.13. The van der Waals surface area contributed by atoms with Crippen molar-refractivity contribution < 1.29 is 14.7 Å². The highest BCUT2D eigenvalue weighted by atomic mass is 35.5. The molecular weight excluding hydrogens is 387 g/mol. The SMILES string of the molecule is O=C1N(c2cc(Cl)cc(Cl)c2)C(=O)C2(Cc3cccc(CO)c3)CCCN12. The monoisotopic (exact) mass is 404 g/mol. The summed E-state index contributed by atoms with van der Waals surface area (Å²) in [5.74, 6) is -0.252. The summed E-state index contributed by atoms with van der Waals surface area (Å²) in [5, 5.41) is 10.1. The number of amides is 3. The minimum atomic E-state index is -0.903. The molecule has 3 amide bonds. The minimum absolute atomic E-state index is 0.0649. The number of halogens is 2. The Morgan fingerprint density at radius 2 is 1.74 bits per heavy atom. The maximum Gasteiger partial charge on any atom is 0.332 e. The van der Waals surface area contributed by atoms with Crippen molar-refractivity contribution in [2.24, 2.45) is 0 Å². The molecule has 0 bridgehead atoms. The van der Waals surface area contributed by atoms with Crippen LogP contribution in [0.2, 0.25) is 10.0 Å². The van der Waals surface area contributed by atoms with Gasteiger partial charge in [-0.2, -0.15) is 0 Å². The van der Waals surface area contributed by atoms with E-state index in [-0.39, 0.29) is 18.5 Å². The zero-order chi connectivity index (χ0) is 19.2. The van der Waals surface area contributed by atoms with Gasteiger partial charge in [-0.25, -0.2) is 9.69 Å². The average molecular weight is 405 g/mol. The number of nitrogens with zero attached hydrogens (tertiary/aromatic N) is 2. The molecule has 0 aliphatic carbocycles. The van der Waals surface area contributed by atoms with Crippen LogP contribution in [0.4, 0.5) is 10.5 Å². The summed E-state index contributed by atoms with van der Waals surface area (Å²) in [5.41, 5.74) is 1.18. The highest BCUT2D eigenvalue weighted by Crippen LogP contribution is 2.43. The molecule has 140 valence electrons. The summed E-state index contributed by atoms with van der Waals surface area (Å²) in [6.45, 7) is 0.472. The fourth-order valence-electron chi connectivity index (χ4n) is 4.13. The normalized spacial score (nSPS) is 21.9. The summed E-state index contributed by atoms with van der Waals surface area (Å²) in [6.07, 6.45) is 1.79. The Morgan fingerprint density at radius 3 is 2.44 bits per heavy atom. The molecule has 2 heterocycles.